The fraction of sp³-hybridized carbons (Fsp3) is 0.182. The SMILES string of the molecule is Cc1ccc(Cn2ccsc2=NC(=O)CCc2c[nH]c3ccccc23)cc1. The van der Waals surface area contributed by atoms with E-state index < -0.39 is 0 Å². The Kier molecular flexibility index (Phi) is 5.03. The van der Waals surface area contributed by atoms with Crippen LogP contribution >= 0.6 is 11.3 Å². The zero-order valence-corrected chi connectivity index (χ0v) is 16.0. The molecule has 4 aromatic rings. The smallest absolute Gasteiger partial charge is 0.248 e. The topological polar surface area (TPSA) is 50.1 Å². The van der Waals surface area contributed by atoms with Crippen molar-refractivity contribution >= 4 is 28.1 Å². The molecule has 4 rings (SSSR count). The van der Waals surface area contributed by atoms with Gasteiger partial charge in [0, 0.05) is 41.6 Å². The van der Waals surface area contributed by atoms with Crippen LogP contribution in [0, 0.1) is 6.92 Å². The number of aryl methyl sites for hydroxylation is 2. The summed E-state index contributed by atoms with van der Waals surface area (Å²) in [5.41, 5.74) is 4.71. The second kappa shape index (κ2) is 7.76. The summed E-state index contributed by atoms with van der Waals surface area (Å²) in [5, 5.41) is 3.15. The molecule has 0 fully saturated rings. The van der Waals surface area contributed by atoms with E-state index in [0.717, 1.165) is 22.4 Å². The van der Waals surface area contributed by atoms with Crippen LogP contribution in [0.4, 0.5) is 0 Å². The number of hydrogen-bond acceptors (Lipinski definition) is 2. The molecule has 0 atom stereocenters. The molecule has 4 nitrogen and oxygen atoms in total. The van der Waals surface area contributed by atoms with E-state index in [1.54, 1.807) is 0 Å². The Labute approximate surface area is 161 Å². The van der Waals surface area contributed by atoms with Crippen molar-refractivity contribution < 1.29 is 4.79 Å². The van der Waals surface area contributed by atoms with Crippen molar-refractivity contribution in [2.45, 2.75) is 26.3 Å². The molecule has 0 saturated heterocycles. The van der Waals surface area contributed by atoms with Crippen molar-refractivity contribution in [2.75, 3.05) is 0 Å². The Morgan fingerprint density at radius 1 is 1.15 bits per heavy atom. The molecule has 27 heavy (non-hydrogen) atoms. The first-order valence-corrected chi connectivity index (χ1v) is 9.89. The maximum atomic E-state index is 12.4. The van der Waals surface area contributed by atoms with Gasteiger partial charge in [-0.05, 0) is 30.5 Å². The summed E-state index contributed by atoms with van der Waals surface area (Å²) < 4.78 is 2.03. The van der Waals surface area contributed by atoms with Crippen LogP contribution in [-0.4, -0.2) is 15.5 Å². The largest absolute Gasteiger partial charge is 0.361 e. The van der Waals surface area contributed by atoms with E-state index in [0.29, 0.717) is 12.8 Å². The zero-order valence-electron chi connectivity index (χ0n) is 15.2. The van der Waals surface area contributed by atoms with Crippen molar-refractivity contribution in [2.24, 2.45) is 4.99 Å². The molecule has 0 bridgehead atoms. The normalized spacial score (nSPS) is 12.0. The van der Waals surface area contributed by atoms with Crippen LogP contribution in [0.3, 0.4) is 0 Å². The maximum absolute atomic E-state index is 12.4. The number of rotatable bonds is 5. The second-order valence-electron chi connectivity index (χ2n) is 6.66. The number of carbonyl (C=O) groups excluding carboxylic acids is 1. The highest BCUT2D eigenvalue weighted by Crippen LogP contribution is 2.19. The molecule has 136 valence electrons. The quantitative estimate of drug-likeness (QED) is 0.550. The molecular formula is C22H21N3OS. The molecule has 0 saturated carbocycles. The molecule has 1 N–H and O–H groups in total. The molecule has 0 aliphatic carbocycles. The lowest BCUT2D eigenvalue weighted by molar-refractivity contribution is -0.118. The van der Waals surface area contributed by atoms with E-state index in [2.05, 4.69) is 47.2 Å². The fourth-order valence-electron chi connectivity index (χ4n) is 3.14. The number of thiazole rings is 1. The minimum Gasteiger partial charge on any atom is -0.361 e. The molecular weight excluding hydrogens is 354 g/mol. The summed E-state index contributed by atoms with van der Waals surface area (Å²) in [4.78, 5) is 20.8. The number of fused-ring (bicyclic) bond motifs is 1. The average molecular weight is 375 g/mol. The Balaban J connectivity index is 1.46. The van der Waals surface area contributed by atoms with Gasteiger partial charge in [-0.1, -0.05) is 48.0 Å². The summed E-state index contributed by atoms with van der Waals surface area (Å²) in [5.74, 6) is -0.0830. The number of aromatic amines is 1. The molecule has 2 aromatic carbocycles. The number of H-pyrrole nitrogens is 1. The summed E-state index contributed by atoms with van der Waals surface area (Å²) in [6.07, 6.45) is 5.07. The minimum atomic E-state index is -0.0830. The van der Waals surface area contributed by atoms with Crippen molar-refractivity contribution in [3.8, 4) is 0 Å². The van der Waals surface area contributed by atoms with E-state index in [1.807, 2.05) is 40.5 Å². The van der Waals surface area contributed by atoms with E-state index in [-0.39, 0.29) is 5.91 Å². The van der Waals surface area contributed by atoms with Gasteiger partial charge in [0.1, 0.15) is 0 Å². The third-order valence-electron chi connectivity index (χ3n) is 4.64. The number of hydrogen-bond donors (Lipinski definition) is 1. The first-order valence-electron chi connectivity index (χ1n) is 9.01. The molecule has 2 aromatic heterocycles. The van der Waals surface area contributed by atoms with E-state index in [1.165, 1.54) is 27.8 Å². The average Bonchev–Trinajstić information content (AvgIpc) is 3.29. The van der Waals surface area contributed by atoms with Gasteiger partial charge in [-0.15, -0.1) is 11.3 Å². The summed E-state index contributed by atoms with van der Waals surface area (Å²) in [6, 6.07) is 16.6. The van der Waals surface area contributed by atoms with Crippen molar-refractivity contribution in [1.29, 1.82) is 0 Å². The number of nitrogens with one attached hydrogen (secondary N) is 1. The van der Waals surface area contributed by atoms with Gasteiger partial charge >= 0.3 is 0 Å². The number of benzene rings is 2. The summed E-state index contributed by atoms with van der Waals surface area (Å²) in [6.45, 7) is 2.80. The third kappa shape index (κ3) is 4.09. The van der Waals surface area contributed by atoms with Crippen LogP contribution in [0.15, 0.2) is 71.3 Å². The molecule has 0 aliphatic rings. The lowest BCUT2D eigenvalue weighted by atomic mass is 10.1. The highest BCUT2D eigenvalue weighted by Gasteiger charge is 2.07. The summed E-state index contributed by atoms with van der Waals surface area (Å²) >= 11 is 1.50. The second-order valence-corrected chi connectivity index (χ2v) is 7.54. The highest BCUT2D eigenvalue weighted by atomic mass is 32.1. The van der Waals surface area contributed by atoms with Crippen molar-refractivity contribution in [3.63, 3.8) is 0 Å². The lowest BCUT2D eigenvalue weighted by Gasteiger charge is -2.04. The first kappa shape index (κ1) is 17.5. The van der Waals surface area contributed by atoms with Crippen LogP contribution in [0.25, 0.3) is 10.9 Å². The fourth-order valence-corrected chi connectivity index (χ4v) is 3.88. The predicted molar refractivity (Wildman–Crippen MR) is 110 cm³/mol. The van der Waals surface area contributed by atoms with Crippen molar-refractivity contribution in [1.82, 2.24) is 9.55 Å². The first-order chi connectivity index (χ1) is 13.2. The molecule has 0 spiro atoms. The zero-order chi connectivity index (χ0) is 18.6. The molecule has 0 aliphatic heterocycles. The molecule has 0 radical (unpaired) electrons. The van der Waals surface area contributed by atoms with Gasteiger partial charge in [0.2, 0.25) is 5.91 Å². The van der Waals surface area contributed by atoms with Crippen molar-refractivity contribution in [3.05, 3.63) is 87.8 Å². The van der Waals surface area contributed by atoms with Gasteiger partial charge in [-0.3, -0.25) is 4.79 Å². The van der Waals surface area contributed by atoms with Crippen LogP contribution in [0.1, 0.15) is 23.1 Å². The van der Waals surface area contributed by atoms with E-state index in [9.17, 15) is 4.79 Å². The lowest BCUT2D eigenvalue weighted by Crippen LogP contribution is -2.17. The Bertz CT molecular complexity index is 1130. The minimum absolute atomic E-state index is 0.0830. The molecule has 1 amide bonds. The third-order valence-corrected chi connectivity index (χ3v) is 5.43. The van der Waals surface area contributed by atoms with Crippen LogP contribution < -0.4 is 4.80 Å². The number of nitrogens with zero attached hydrogens (tertiary/aromatic N) is 2. The van der Waals surface area contributed by atoms with Gasteiger partial charge in [-0.2, -0.15) is 4.99 Å². The molecule has 0 unspecified atom stereocenters. The van der Waals surface area contributed by atoms with Crippen LogP contribution in [0.5, 0.6) is 0 Å². The Hall–Kier alpha value is -2.92. The van der Waals surface area contributed by atoms with Crippen LogP contribution in [0.2, 0.25) is 0 Å². The van der Waals surface area contributed by atoms with Gasteiger partial charge < -0.3 is 9.55 Å². The van der Waals surface area contributed by atoms with E-state index >= 15 is 0 Å². The number of para-hydroxylation sites is 1. The van der Waals surface area contributed by atoms with Gasteiger partial charge in [0.05, 0.1) is 0 Å². The number of carbonyl (C=O) groups is 1. The standard InChI is InChI=1S/C22H21N3OS/c1-16-6-8-17(9-7-16)15-25-12-13-27-22(25)24-21(26)11-10-18-14-23-20-5-3-2-4-19(18)20/h2-9,12-14,23H,10-11,15H2,1H3. The predicted octanol–water partition coefficient (Wildman–Crippen LogP) is 4.45. The number of amides is 1. The maximum Gasteiger partial charge on any atom is 0.248 e. The van der Waals surface area contributed by atoms with Gasteiger partial charge in [-0.25, -0.2) is 0 Å². The summed E-state index contributed by atoms with van der Waals surface area (Å²) in [7, 11) is 0. The number of aromatic nitrogens is 2. The van der Waals surface area contributed by atoms with Crippen LogP contribution in [-0.2, 0) is 17.8 Å². The highest BCUT2D eigenvalue weighted by molar-refractivity contribution is 7.07. The van der Waals surface area contributed by atoms with Gasteiger partial charge in [0.25, 0.3) is 0 Å². The molecule has 5 heteroatoms. The Morgan fingerprint density at radius 2 is 1.96 bits per heavy atom. The van der Waals surface area contributed by atoms with Gasteiger partial charge in [0.15, 0.2) is 4.80 Å². The monoisotopic (exact) mass is 375 g/mol. The Morgan fingerprint density at radius 3 is 2.81 bits per heavy atom. The molecule has 2 heterocycles. The van der Waals surface area contributed by atoms with E-state index in [4.69, 9.17) is 0 Å².